The molecular formula is C32H48FN7O2S. The van der Waals surface area contributed by atoms with E-state index in [0.717, 1.165) is 25.9 Å². The number of rotatable bonds is 14. The molecule has 2 heterocycles. The fourth-order valence-corrected chi connectivity index (χ4v) is 5.03. The highest BCUT2D eigenvalue weighted by Crippen LogP contribution is 2.44. The van der Waals surface area contributed by atoms with Gasteiger partial charge in [0.25, 0.3) is 0 Å². The Balaban J connectivity index is 1.49. The molecule has 236 valence electrons. The van der Waals surface area contributed by atoms with Gasteiger partial charge in [-0.3, -0.25) is 10.2 Å². The van der Waals surface area contributed by atoms with E-state index in [-0.39, 0.29) is 35.4 Å². The number of Topliss-reactive ketones (excluding diaryl/α,β-unsaturated/α-hetero) is 1. The molecule has 4 N–H and O–H groups in total. The van der Waals surface area contributed by atoms with Gasteiger partial charge in [0, 0.05) is 73.9 Å². The summed E-state index contributed by atoms with van der Waals surface area (Å²) >= 11 is 5.40. The van der Waals surface area contributed by atoms with E-state index in [2.05, 4.69) is 72.2 Å². The normalized spacial score (nSPS) is 20.1. The van der Waals surface area contributed by atoms with Crippen LogP contribution in [0.25, 0.3) is 0 Å². The molecule has 9 nitrogen and oxygen atoms in total. The van der Waals surface area contributed by atoms with Crippen molar-refractivity contribution in [2.75, 3.05) is 50.1 Å². The van der Waals surface area contributed by atoms with E-state index in [0.29, 0.717) is 53.2 Å². The van der Waals surface area contributed by atoms with E-state index in [1.54, 1.807) is 26.3 Å². The predicted molar refractivity (Wildman–Crippen MR) is 178 cm³/mol. The Morgan fingerprint density at radius 1 is 1.33 bits per heavy atom. The van der Waals surface area contributed by atoms with Gasteiger partial charge in [-0.2, -0.15) is 5.10 Å². The van der Waals surface area contributed by atoms with Crippen molar-refractivity contribution >= 4 is 40.6 Å². The van der Waals surface area contributed by atoms with Crippen LogP contribution in [0.1, 0.15) is 71.2 Å². The fraction of sp³-hybridized carbons (Fsp3) is 0.594. The number of carbonyl (C=O) groups is 1. The van der Waals surface area contributed by atoms with Crippen molar-refractivity contribution in [1.29, 1.82) is 0 Å². The smallest absolute Gasteiger partial charge is 0.191 e. The summed E-state index contributed by atoms with van der Waals surface area (Å²) in [6, 6.07) is 1.80. The summed E-state index contributed by atoms with van der Waals surface area (Å²) in [5, 5.41) is 14.4. The van der Waals surface area contributed by atoms with Crippen molar-refractivity contribution in [3.8, 4) is 5.75 Å². The van der Waals surface area contributed by atoms with Gasteiger partial charge in [-0.15, -0.1) is 0 Å². The summed E-state index contributed by atoms with van der Waals surface area (Å²) in [5.41, 5.74) is 5.79. The third-order valence-electron chi connectivity index (χ3n) is 8.66. The number of nitrogens with one attached hydrogen (secondary N) is 4. The first kappa shape index (κ1) is 32.7. The number of hydrogen-bond acceptors (Lipinski definition) is 9. The third kappa shape index (κ3) is 8.47. The number of anilines is 2. The first-order chi connectivity index (χ1) is 20.4. The van der Waals surface area contributed by atoms with Crippen molar-refractivity contribution in [1.82, 2.24) is 21.0 Å². The number of methoxy groups -OCH3 is 1. The minimum Gasteiger partial charge on any atom is -0.492 e. The highest BCUT2D eigenvalue weighted by atomic mass is 32.1. The largest absolute Gasteiger partial charge is 0.492 e. The molecule has 0 spiro atoms. The second kappa shape index (κ2) is 14.1. The van der Waals surface area contributed by atoms with Gasteiger partial charge in [0.15, 0.2) is 17.3 Å². The molecular weight excluding hydrogens is 565 g/mol. The molecule has 2 saturated heterocycles. The Kier molecular flexibility index (Phi) is 10.7. The van der Waals surface area contributed by atoms with Gasteiger partial charge in [-0.25, -0.2) is 4.39 Å². The summed E-state index contributed by atoms with van der Waals surface area (Å²) in [7, 11) is 1.54. The molecule has 1 unspecified atom stereocenters. The first-order valence-electron chi connectivity index (χ1n) is 15.3. The molecule has 3 aliphatic rings. The highest BCUT2D eigenvalue weighted by Gasteiger charge is 2.33. The summed E-state index contributed by atoms with van der Waals surface area (Å²) in [6.45, 7) is 16.0. The molecule has 1 aromatic rings. The standard InChI is InChI=1S/C32H48FN7O2S/c1-8-22(11-12-36-38-27(43)17-35-32(5,6)20(2)3)30(41)25-15-26(33)29(31(42-7)28(25)37-23-9-10-23)40-14-13-39(21(4)18-40)19-24-16-34-24/h8,12,15,19-21,23,34-35,37H,9-11,13-14,16-18H2,1-7H3,(H,38,43)/b22-8-,24-19-,36-12+. The number of carbonyl (C=O) groups excluding carboxylic acids is 1. The van der Waals surface area contributed by atoms with E-state index in [1.807, 2.05) is 4.90 Å². The zero-order valence-electron chi connectivity index (χ0n) is 26.6. The highest BCUT2D eigenvalue weighted by molar-refractivity contribution is 7.80. The molecule has 0 aromatic heterocycles. The quantitative estimate of drug-likeness (QED) is 0.0588. The number of hydrazone groups is 1. The topological polar surface area (TPSA) is 103 Å². The first-order valence-corrected chi connectivity index (χ1v) is 15.7. The van der Waals surface area contributed by atoms with Crippen LogP contribution in [-0.4, -0.2) is 79.3 Å². The number of benzene rings is 1. The van der Waals surface area contributed by atoms with Crippen molar-refractivity contribution in [3.05, 3.63) is 41.0 Å². The van der Waals surface area contributed by atoms with Crippen LogP contribution in [0, 0.1) is 11.7 Å². The Morgan fingerprint density at radius 3 is 2.63 bits per heavy atom. The molecule has 1 aliphatic carbocycles. The molecule has 3 fully saturated rings. The number of ether oxygens (including phenoxy) is 1. The molecule has 0 radical (unpaired) electrons. The third-order valence-corrected chi connectivity index (χ3v) is 8.90. The lowest BCUT2D eigenvalue weighted by atomic mass is 9.91. The lowest BCUT2D eigenvalue weighted by molar-refractivity contribution is 0.103. The van der Waals surface area contributed by atoms with Crippen molar-refractivity contribution in [3.63, 3.8) is 0 Å². The van der Waals surface area contributed by atoms with Gasteiger partial charge < -0.3 is 30.5 Å². The number of hydrogen-bond donors (Lipinski definition) is 4. The molecule has 0 bridgehead atoms. The lowest BCUT2D eigenvalue weighted by Crippen LogP contribution is -2.50. The fourth-order valence-electron chi connectivity index (χ4n) is 4.90. The zero-order chi connectivity index (χ0) is 31.3. The van der Waals surface area contributed by atoms with E-state index in [4.69, 9.17) is 17.0 Å². The predicted octanol–water partition coefficient (Wildman–Crippen LogP) is 4.81. The second-order valence-corrected chi connectivity index (χ2v) is 13.0. The van der Waals surface area contributed by atoms with Crippen molar-refractivity contribution < 1.29 is 13.9 Å². The molecule has 43 heavy (non-hydrogen) atoms. The average Bonchev–Trinajstić information content (AvgIpc) is 3.90. The number of ketones is 1. The van der Waals surface area contributed by atoms with Crippen LogP contribution >= 0.6 is 12.2 Å². The van der Waals surface area contributed by atoms with Crippen molar-refractivity contribution in [2.45, 2.75) is 78.4 Å². The maximum absolute atomic E-state index is 16.0. The van der Waals surface area contributed by atoms with Crippen LogP contribution in [0.3, 0.4) is 0 Å². The minimum atomic E-state index is -0.461. The van der Waals surface area contributed by atoms with Crippen LogP contribution in [0.4, 0.5) is 15.8 Å². The van der Waals surface area contributed by atoms with Crippen LogP contribution in [0.2, 0.25) is 0 Å². The lowest BCUT2D eigenvalue weighted by Gasteiger charge is -2.41. The van der Waals surface area contributed by atoms with E-state index in [1.165, 1.54) is 11.8 Å². The van der Waals surface area contributed by atoms with Gasteiger partial charge in [-0.1, -0.05) is 32.1 Å². The Labute approximate surface area is 261 Å². The van der Waals surface area contributed by atoms with Crippen LogP contribution < -0.4 is 31.0 Å². The molecule has 1 aromatic carbocycles. The monoisotopic (exact) mass is 613 g/mol. The molecule has 2 aliphatic heterocycles. The average molecular weight is 614 g/mol. The molecule has 4 rings (SSSR count). The van der Waals surface area contributed by atoms with Gasteiger partial charge in [0.05, 0.1) is 24.9 Å². The summed E-state index contributed by atoms with van der Waals surface area (Å²) in [5.74, 6) is 0.106. The van der Waals surface area contributed by atoms with E-state index in [9.17, 15) is 4.79 Å². The molecule has 0 amide bonds. The number of allylic oxidation sites excluding steroid dienone is 2. The zero-order valence-corrected chi connectivity index (χ0v) is 27.5. The van der Waals surface area contributed by atoms with Gasteiger partial charge in [0.2, 0.25) is 0 Å². The SMILES string of the molecule is C/C=C(/C/C=N/NC(=S)CNC(C)(C)C(C)C)C(=O)c1cc(F)c(N2CCN(/C=C3/CN3)C(C)C2)c(OC)c1NC1CC1. The molecule has 1 atom stereocenters. The van der Waals surface area contributed by atoms with Gasteiger partial charge >= 0.3 is 0 Å². The van der Waals surface area contributed by atoms with Gasteiger partial charge in [-0.05, 0) is 52.5 Å². The Hall–Kier alpha value is -3.18. The molecule has 11 heteroatoms. The van der Waals surface area contributed by atoms with Crippen LogP contribution in [0.15, 0.2) is 34.7 Å². The van der Waals surface area contributed by atoms with Gasteiger partial charge in [0.1, 0.15) is 10.7 Å². The summed E-state index contributed by atoms with van der Waals surface area (Å²) in [6.07, 6.45) is 7.81. The minimum absolute atomic E-state index is 0.0593. The van der Waals surface area contributed by atoms with Crippen molar-refractivity contribution in [2.24, 2.45) is 11.0 Å². The van der Waals surface area contributed by atoms with E-state index >= 15 is 4.39 Å². The van der Waals surface area contributed by atoms with E-state index < -0.39 is 5.82 Å². The van der Waals surface area contributed by atoms with Crippen LogP contribution in [0.5, 0.6) is 5.75 Å². The summed E-state index contributed by atoms with van der Waals surface area (Å²) in [4.78, 5) is 18.7. The number of nitrogens with zero attached hydrogens (tertiary/aromatic N) is 3. The molecule has 1 saturated carbocycles. The number of thiocarbonyl (C=S) groups is 1. The van der Waals surface area contributed by atoms with Crippen LogP contribution in [-0.2, 0) is 0 Å². The number of piperazine rings is 1. The summed E-state index contributed by atoms with van der Waals surface area (Å²) < 4.78 is 21.8. The Morgan fingerprint density at radius 2 is 2.05 bits per heavy atom. The maximum Gasteiger partial charge on any atom is 0.191 e. The number of halogens is 1. The second-order valence-electron chi connectivity index (χ2n) is 12.5. The Bertz CT molecular complexity index is 1280. The maximum atomic E-state index is 16.0.